The van der Waals surface area contributed by atoms with Crippen molar-refractivity contribution in [3.8, 4) is 5.75 Å². The molecule has 1 aromatic carbocycles. The van der Waals surface area contributed by atoms with Crippen molar-refractivity contribution >= 4 is 11.7 Å². The van der Waals surface area contributed by atoms with Gasteiger partial charge in [-0.05, 0) is 32.9 Å². The highest BCUT2D eigenvalue weighted by atomic mass is 16.7. The Kier molecular flexibility index (Phi) is 3.46. The van der Waals surface area contributed by atoms with E-state index in [1.165, 1.54) is 6.92 Å². The van der Waals surface area contributed by atoms with Gasteiger partial charge in [-0.2, -0.15) is 0 Å². The van der Waals surface area contributed by atoms with Gasteiger partial charge >= 0.3 is 5.97 Å². The molecule has 0 saturated heterocycles. The zero-order chi connectivity index (χ0) is 14.0. The fourth-order valence-corrected chi connectivity index (χ4v) is 1.83. The molecule has 1 heterocycles. The van der Waals surface area contributed by atoms with Crippen molar-refractivity contribution in [1.29, 1.82) is 0 Å². The number of rotatable bonds is 4. The SMILES string of the molecule is CC(C)Oc1cccc(C2=NOC(C)(C(=O)O)C2)c1. The summed E-state index contributed by atoms with van der Waals surface area (Å²) in [6, 6.07) is 7.42. The van der Waals surface area contributed by atoms with E-state index in [2.05, 4.69) is 5.16 Å². The highest BCUT2D eigenvalue weighted by Crippen LogP contribution is 2.28. The molecular formula is C14H17NO4. The fraction of sp³-hybridized carbons (Fsp3) is 0.429. The van der Waals surface area contributed by atoms with Crippen LogP contribution in [0.2, 0.25) is 0 Å². The van der Waals surface area contributed by atoms with Crippen molar-refractivity contribution < 1.29 is 19.5 Å². The van der Waals surface area contributed by atoms with Crippen LogP contribution in [0.3, 0.4) is 0 Å². The van der Waals surface area contributed by atoms with Crippen LogP contribution in [0.5, 0.6) is 5.75 Å². The molecule has 0 aliphatic carbocycles. The lowest BCUT2D eigenvalue weighted by atomic mass is 9.96. The van der Waals surface area contributed by atoms with Gasteiger partial charge in [0.15, 0.2) is 0 Å². The topological polar surface area (TPSA) is 68.1 Å². The van der Waals surface area contributed by atoms with Gasteiger partial charge in [-0.1, -0.05) is 17.3 Å². The van der Waals surface area contributed by atoms with Gasteiger partial charge in [-0.3, -0.25) is 0 Å². The molecule has 1 N–H and O–H groups in total. The maximum atomic E-state index is 11.1. The van der Waals surface area contributed by atoms with Crippen molar-refractivity contribution in [3.63, 3.8) is 0 Å². The largest absolute Gasteiger partial charge is 0.491 e. The maximum absolute atomic E-state index is 11.1. The van der Waals surface area contributed by atoms with Crippen molar-refractivity contribution in [3.05, 3.63) is 29.8 Å². The number of carboxylic acid groups (broad SMARTS) is 1. The van der Waals surface area contributed by atoms with Crippen LogP contribution in [0.1, 0.15) is 32.8 Å². The number of nitrogens with zero attached hydrogens (tertiary/aromatic N) is 1. The summed E-state index contributed by atoms with van der Waals surface area (Å²) in [5.41, 5.74) is 0.173. The first-order valence-corrected chi connectivity index (χ1v) is 6.16. The van der Waals surface area contributed by atoms with Gasteiger partial charge in [0.1, 0.15) is 5.75 Å². The molecule has 2 rings (SSSR count). The summed E-state index contributed by atoms with van der Waals surface area (Å²) in [6.45, 7) is 5.41. The molecular weight excluding hydrogens is 246 g/mol. The van der Waals surface area contributed by atoms with E-state index in [1.54, 1.807) is 0 Å². The first-order chi connectivity index (χ1) is 8.90. The molecule has 5 heteroatoms. The summed E-state index contributed by atoms with van der Waals surface area (Å²) in [5, 5.41) is 13.0. The second-order valence-corrected chi connectivity index (χ2v) is 5.04. The smallest absolute Gasteiger partial charge is 0.351 e. The van der Waals surface area contributed by atoms with Gasteiger partial charge in [0.25, 0.3) is 0 Å². The Balaban J connectivity index is 2.18. The first-order valence-electron chi connectivity index (χ1n) is 6.16. The number of hydrogen-bond donors (Lipinski definition) is 1. The molecule has 1 aliphatic heterocycles. The monoisotopic (exact) mass is 263 g/mol. The average molecular weight is 263 g/mol. The standard InChI is InChI=1S/C14H17NO4/c1-9(2)18-11-6-4-5-10(7-11)12-8-14(3,13(16)17)19-15-12/h4-7,9H,8H2,1-3H3,(H,16,17). The lowest BCUT2D eigenvalue weighted by Gasteiger charge is -2.14. The summed E-state index contributed by atoms with van der Waals surface area (Å²) >= 11 is 0. The van der Waals surface area contributed by atoms with Crippen molar-refractivity contribution in [2.75, 3.05) is 0 Å². The highest BCUT2D eigenvalue weighted by Gasteiger charge is 2.42. The van der Waals surface area contributed by atoms with Gasteiger partial charge in [-0.15, -0.1) is 0 Å². The first kappa shape index (κ1) is 13.4. The van der Waals surface area contributed by atoms with E-state index in [-0.39, 0.29) is 12.5 Å². The molecule has 0 amide bonds. The van der Waals surface area contributed by atoms with Crippen LogP contribution in [-0.2, 0) is 9.63 Å². The van der Waals surface area contributed by atoms with Crippen molar-refractivity contribution in [2.45, 2.75) is 38.9 Å². The van der Waals surface area contributed by atoms with Gasteiger partial charge in [0.2, 0.25) is 5.60 Å². The molecule has 1 aliphatic rings. The number of ether oxygens (including phenoxy) is 1. The number of carboxylic acids is 1. The Morgan fingerprint density at radius 2 is 2.26 bits per heavy atom. The average Bonchev–Trinajstić information content (AvgIpc) is 2.73. The van der Waals surface area contributed by atoms with E-state index in [4.69, 9.17) is 14.7 Å². The van der Waals surface area contributed by atoms with Gasteiger partial charge < -0.3 is 14.7 Å². The summed E-state index contributed by atoms with van der Waals surface area (Å²) in [6.07, 6.45) is 0.328. The Bertz CT molecular complexity index is 524. The summed E-state index contributed by atoms with van der Waals surface area (Å²) in [5.74, 6) is -0.278. The molecule has 0 aromatic heterocycles. The summed E-state index contributed by atoms with van der Waals surface area (Å²) in [7, 11) is 0. The molecule has 102 valence electrons. The minimum atomic E-state index is -1.27. The van der Waals surface area contributed by atoms with Crippen molar-refractivity contribution in [1.82, 2.24) is 0 Å². The van der Waals surface area contributed by atoms with Crippen LogP contribution in [0.25, 0.3) is 0 Å². The Hall–Kier alpha value is -2.04. The van der Waals surface area contributed by atoms with Crippen LogP contribution < -0.4 is 4.74 Å². The molecule has 0 saturated carbocycles. The van der Waals surface area contributed by atoms with Crippen LogP contribution in [0, 0.1) is 0 Å². The number of aliphatic carboxylic acids is 1. The molecule has 0 spiro atoms. The van der Waals surface area contributed by atoms with Gasteiger partial charge in [0, 0.05) is 12.0 Å². The van der Waals surface area contributed by atoms with Crippen LogP contribution in [0.15, 0.2) is 29.4 Å². The number of benzene rings is 1. The van der Waals surface area contributed by atoms with E-state index in [0.717, 1.165) is 11.3 Å². The molecule has 5 nitrogen and oxygen atoms in total. The normalized spacial score (nSPS) is 22.0. The quantitative estimate of drug-likeness (QED) is 0.906. The predicted molar refractivity (Wildman–Crippen MR) is 70.5 cm³/mol. The van der Waals surface area contributed by atoms with E-state index in [1.807, 2.05) is 38.1 Å². The molecule has 0 fully saturated rings. The zero-order valence-electron chi connectivity index (χ0n) is 11.2. The highest BCUT2D eigenvalue weighted by molar-refractivity contribution is 6.04. The third-order valence-electron chi connectivity index (χ3n) is 2.85. The number of hydrogen-bond acceptors (Lipinski definition) is 4. The number of carbonyl (C=O) groups is 1. The lowest BCUT2D eigenvalue weighted by Crippen LogP contribution is -2.35. The molecule has 1 aromatic rings. The Labute approximate surface area is 111 Å². The zero-order valence-corrected chi connectivity index (χ0v) is 11.2. The van der Waals surface area contributed by atoms with Crippen molar-refractivity contribution in [2.24, 2.45) is 5.16 Å². The third kappa shape index (κ3) is 2.86. The molecule has 1 atom stereocenters. The molecule has 1 unspecified atom stereocenters. The summed E-state index contributed by atoms with van der Waals surface area (Å²) < 4.78 is 5.60. The van der Waals surface area contributed by atoms with E-state index in [9.17, 15) is 4.79 Å². The van der Waals surface area contributed by atoms with E-state index >= 15 is 0 Å². The molecule has 19 heavy (non-hydrogen) atoms. The Morgan fingerprint density at radius 1 is 1.53 bits per heavy atom. The minimum absolute atomic E-state index is 0.0845. The van der Waals surface area contributed by atoms with Gasteiger partial charge in [0.05, 0.1) is 11.8 Å². The second-order valence-electron chi connectivity index (χ2n) is 5.04. The van der Waals surface area contributed by atoms with Crippen LogP contribution in [0.4, 0.5) is 0 Å². The number of oxime groups is 1. The van der Waals surface area contributed by atoms with Crippen LogP contribution in [-0.4, -0.2) is 28.5 Å². The van der Waals surface area contributed by atoms with Gasteiger partial charge in [-0.25, -0.2) is 4.79 Å². The summed E-state index contributed by atoms with van der Waals surface area (Å²) in [4.78, 5) is 16.1. The third-order valence-corrected chi connectivity index (χ3v) is 2.85. The lowest BCUT2D eigenvalue weighted by molar-refractivity contribution is -0.160. The second kappa shape index (κ2) is 4.91. The Morgan fingerprint density at radius 3 is 2.84 bits per heavy atom. The van der Waals surface area contributed by atoms with Crippen LogP contribution >= 0.6 is 0 Å². The van der Waals surface area contributed by atoms with E-state index < -0.39 is 11.6 Å². The predicted octanol–water partition coefficient (Wildman–Crippen LogP) is 2.44. The molecule has 0 bridgehead atoms. The fourth-order valence-electron chi connectivity index (χ4n) is 1.83. The maximum Gasteiger partial charge on any atom is 0.351 e. The minimum Gasteiger partial charge on any atom is -0.491 e. The van der Waals surface area contributed by atoms with E-state index in [0.29, 0.717) is 5.71 Å². The molecule has 0 radical (unpaired) electrons.